The highest BCUT2D eigenvalue weighted by atomic mass is 16.5. The number of nitrogens with zero attached hydrogens (tertiary/aromatic N) is 1. The number of pyridine rings is 1. The van der Waals surface area contributed by atoms with Crippen molar-refractivity contribution in [3.8, 4) is 11.5 Å². The number of anilines is 1. The van der Waals surface area contributed by atoms with Crippen molar-refractivity contribution in [1.82, 2.24) is 4.98 Å². The Balaban J connectivity index is 2.02. The van der Waals surface area contributed by atoms with Gasteiger partial charge in [0.2, 0.25) is 0 Å². The summed E-state index contributed by atoms with van der Waals surface area (Å²) in [6.45, 7) is 4.48. The second-order valence-corrected chi connectivity index (χ2v) is 6.19. The molecule has 0 bridgehead atoms. The van der Waals surface area contributed by atoms with E-state index in [-0.39, 0.29) is 11.5 Å². The fourth-order valence-electron chi connectivity index (χ4n) is 2.96. The van der Waals surface area contributed by atoms with Crippen LogP contribution in [0.2, 0.25) is 0 Å². The van der Waals surface area contributed by atoms with Crippen molar-refractivity contribution in [3.63, 3.8) is 0 Å². The van der Waals surface area contributed by atoms with Crippen molar-refractivity contribution in [3.05, 3.63) is 65.2 Å². The number of nitrogens with one attached hydrogen (secondary N) is 1. The van der Waals surface area contributed by atoms with E-state index in [9.17, 15) is 9.90 Å². The van der Waals surface area contributed by atoms with Gasteiger partial charge in [0.1, 0.15) is 5.82 Å². The minimum atomic E-state index is -0.0805. The lowest BCUT2D eigenvalue weighted by molar-refractivity contribution is 0.103. The van der Waals surface area contributed by atoms with Crippen molar-refractivity contribution in [2.24, 2.45) is 0 Å². The van der Waals surface area contributed by atoms with Gasteiger partial charge in [-0.1, -0.05) is 24.3 Å². The van der Waals surface area contributed by atoms with Crippen molar-refractivity contribution in [2.45, 2.75) is 13.8 Å². The summed E-state index contributed by atoms with van der Waals surface area (Å²) < 4.78 is 5.05. The molecule has 3 rings (SSSR count). The van der Waals surface area contributed by atoms with E-state index in [2.05, 4.69) is 10.3 Å². The molecular weight excluding hydrogens is 340 g/mol. The fourth-order valence-corrected chi connectivity index (χ4v) is 2.96. The Bertz CT molecular complexity index is 1030. The average Bonchev–Trinajstić information content (AvgIpc) is 2.67. The number of allylic oxidation sites excluding steroid dienone is 1. The number of aromatic nitrogens is 1. The number of rotatable bonds is 6. The maximum atomic E-state index is 13.1. The minimum Gasteiger partial charge on any atom is -0.504 e. The van der Waals surface area contributed by atoms with Crippen LogP contribution in [0.1, 0.15) is 29.8 Å². The van der Waals surface area contributed by atoms with Crippen molar-refractivity contribution >= 4 is 28.6 Å². The van der Waals surface area contributed by atoms with Gasteiger partial charge < -0.3 is 15.2 Å². The highest BCUT2D eigenvalue weighted by Crippen LogP contribution is 2.28. The first kappa shape index (κ1) is 18.5. The van der Waals surface area contributed by atoms with Gasteiger partial charge in [0, 0.05) is 17.5 Å². The summed E-state index contributed by atoms with van der Waals surface area (Å²) in [6.07, 6.45) is 1.75. The van der Waals surface area contributed by atoms with Gasteiger partial charge in [-0.15, -0.1) is 0 Å². The predicted molar refractivity (Wildman–Crippen MR) is 109 cm³/mol. The first-order valence-electron chi connectivity index (χ1n) is 8.77. The average molecular weight is 362 g/mol. The third-order valence-corrected chi connectivity index (χ3v) is 4.26. The van der Waals surface area contributed by atoms with E-state index < -0.39 is 0 Å². The molecule has 0 spiro atoms. The monoisotopic (exact) mass is 362 g/mol. The molecule has 5 nitrogen and oxygen atoms in total. The van der Waals surface area contributed by atoms with E-state index >= 15 is 0 Å². The number of carbonyl (C=O) groups excluding carboxylic acids is 1. The molecule has 0 amide bonds. The van der Waals surface area contributed by atoms with Gasteiger partial charge >= 0.3 is 0 Å². The van der Waals surface area contributed by atoms with Crippen LogP contribution in [-0.4, -0.2) is 29.5 Å². The van der Waals surface area contributed by atoms with Crippen LogP contribution in [0.3, 0.4) is 0 Å². The molecule has 0 fully saturated rings. The van der Waals surface area contributed by atoms with E-state index in [0.717, 1.165) is 23.0 Å². The molecule has 138 valence electrons. The predicted octanol–water partition coefficient (Wildman–Crippen LogP) is 4.67. The number of phenolic OH excluding ortho intramolecular Hbond substituents is 1. The molecule has 2 N–H and O–H groups in total. The number of hydrogen-bond acceptors (Lipinski definition) is 5. The Morgan fingerprint density at radius 1 is 1.22 bits per heavy atom. The lowest BCUT2D eigenvalue weighted by atomic mass is 9.98. The summed E-state index contributed by atoms with van der Waals surface area (Å²) >= 11 is 0. The van der Waals surface area contributed by atoms with E-state index in [1.54, 1.807) is 37.3 Å². The Labute approximate surface area is 158 Å². The second-order valence-electron chi connectivity index (χ2n) is 6.19. The maximum absolute atomic E-state index is 13.1. The summed E-state index contributed by atoms with van der Waals surface area (Å²) in [7, 11) is 1.50. The van der Waals surface area contributed by atoms with Crippen LogP contribution in [0.4, 0.5) is 5.82 Å². The molecule has 27 heavy (non-hydrogen) atoms. The van der Waals surface area contributed by atoms with Gasteiger partial charge in [-0.25, -0.2) is 4.98 Å². The molecule has 5 heteroatoms. The molecular formula is C22H22N2O3. The fraction of sp³-hybridized carbons (Fsp3) is 0.182. The number of hydrogen-bond donors (Lipinski definition) is 2. The maximum Gasteiger partial charge on any atom is 0.189 e. The molecule has 0 saturated carbocycles. The third kappa shape index (κ3) is 3.92. The molecule has 3 aromatic rings. The molecule has 0 aliphatic heterocycles. The number of fused-ring (bicyclic) bond motifs is 1. The standard InChI is InChI=1S/C22H22N2O3/c1-4-23-21-13-17(16-7-5-6-8-18(16)24-21)22(26)14(2)11-15-9-10-20(27-3)19(25)12-15/h5-13,25H,4H2,1-3H3,(H,23,24)/b14-11+. The van der Waals surface area contributed by atoms with E-state index in [1.807, 2.05) is 31.2 Å². The zero-order valence-corrected chi connectivity index (χ0v) is 15.6. The molecule has 0 atom stereocenters. The number of carbonyl (C=O) groups is 1. The Kier molecular flexibility index (Phi) is 5.41. The Morgan fingerprint density at radius 3 is 2.70 bits per heavy atom. The molecule has 0 saturated heterocycles. The van der Waals surface area contributed by atoms with Crippen LogP contribution in [0, 0.1) is 0 Å². The number of methoxy groups -OCH3 is 1. The molecule has 2 aromatic carbocycles. The van der Waals surface area contributed by atoms with E-state index in [1.165, 1.54) is 7.11 Å². The number of phenols is 1. The topological polar surface area (TPSA) is 71.5 Å². The van der Waals surface area contributed by atoms with Gasteiger partial charge in [-0.2, -0.15) is 0 Å². The highest BCUT2D eigenvalue weighted by molar-refractivity contribution is 6.17. The number of ether oxygens (including phenoxy) is 1. The zero-order chi connectivity index (χ0) is 19.4. The summed E-state index contributed by atoms with van der Waals surface area (Å²) in [6, 6.07) is 14.4. The van der Waals surface area contributed by atoms with Crippen LogP contribution >= 0.6 is 0 Å². The SMILES string of the molecule is CCNc1cc(C(=O)/C(C)=C/c2ccc(OC)c(O)c2)c2ccccc2n1. The van der Waals surface area contributed by atoms with E-state index in [4.69, 9.17) is 4.74 Å². The number of aromatic hydroxyl groups is 1. The third-order valence-electron chi connectivity index (χ3n) is 4.26. The van der Waals surface area contributed by atoms with Gasteiger partial charge in [0.25, 0.3) is 0 Å². The van der Waals surface area contributed by atoms with Gasteiger partial charge in [0.05, 0.1) is 12.6 Å². The summed E-state index contributed by atoms with van der Waals surface area (Å²) in [5.74, 6) is 1.03. The Hall–Kier alpha value is -3.34. The molecule has 1 heterocycles. The second kappa shape index (κ2) is 7.91. The summed E-state index contributed by atoms with van der Waals surface area (Å²) in [5, 5.41) is 13.9. The Morgan fingerprint density at radius 2 is 2.00 bits per heavy atom. The van der Waals surface area contributed by atoms with Crippen molar-refractivity contribution in [2.75, 3.05) is 19.0 Å². The lowest BCUT2D eigenvalue weighted by Gasteiger charge is -2.10. The normalized spacial score (nSPS) is 11.4. The smallest absolute Gasteiger partial charge is 0.189 e. The van der Waals surface area contributed by atoms with E-state index in [0.29, 0.717) is 22.7 Å². The minimum absolute atomic E-state index is 0.0373. The van der Waals surface area contributed by atoms with Crippen LogP contribution in [0.15, 0.2) is 54.1 Å². The summed E-state index contributed by atoms with van der Waals surface area (Å²) in [4.78, 5) is 17.7. The molecule has 0 unspecified atom stereocenters. The summed E-state index contributed by atoms with van der Waals surface area (Å²) in [5.41, 5.74) is 2.67. The van der Waals surface area contributed by atoms with Gasteiger partial charge in [-0.05, 0) is 55.3 Å². The van der Waals surface area contributed by atoms with Crippen molar-refractivity contribution in [1.29, 1.82) is 0 Å². The largest absolute Gasteiger partial charge is 0.504 e. The van der Waals surface area contributed by atoms with Gasteiger partial charge in [-0.3, -0.25) is 4.79 Å². The number of Topliss-reactive ketones (excluding diaryl/α,β-unsaturated/α-hetero) is 1. The zero-order valence-electron chi connectivity index (χ0n) is 15.6. The lowest BCUT2D eigenvalue weighted by Crippen LogP contribution is -2.06. The first-order valence-corrected chi connectivity index (χ1v) is 8.77. The van der Waals surface area contributed by atoms with Crippen molar-refractivity contribution < 1.29 is 14.6 Å². The van der Waals surface area contributed by atoms with Crippen LogP contribution in [0.25, 0.3) is 17.0 Å². The number of para-hydroxylation sites is 1. The van der Waals surface area contributed by atoms with Crippen LogP contribution in [-0.2, 0) is 0 Å². The van der Waals surface area contributed by atoms with Crippen LogP contribution in [0.5, 0.6) is 11.5 Å². The number of ketones is 1. The molecule has 0 radical (unpaired) electrons. The molecule has 0 aliphatic rings. The molecule has 0 aliphatic carbocycles. The quantitative estimate of drug-likeness (QED) is 0.493. The van der Waals surface area contributed by atoms with Gasteiger partial charge in [0.15, 0.2) is 17.3 Å². The van der Waals surface area contributed by atoms with Crippen LogP contribution < -0.4 is 10.1 Å². The number of benzene rings is 2. The molecule has 1 aromatic heterocycles. The first-order chi connectivity index (χ1) is 13.0. The highest BCUT2D eigenvalue weighted by Gasteiger charge is 2.15.